The van der Waals surface area contributed by atoms with E-state index in [4.69, 9.17) is 5.26 Å². The molecule has 1 N–H and O–H groups in total. The Balaban J connectivity index is 2.22. The predicted molar refractivity (Wildman–Crippen MR) is 71.9 cm³/mol. The Bertz CT molecular complexity index is 523. The summed E-state index contributed by atoms with van der Waals surface area (Å²) in [5, 5.41) is 11.8. The molecular formula is C12H10BrFN2OS. The summed E-state index contributed by atoms with van der Waals surface area (Å²) in [6.07, 6.45) is 0.593. The quantitative estimate of drug-likeness (QED) is 0.908. The maximum atomic E-state index is 13.6. The first-order valence-corrected chi connectivity index (χ1v) is 7.28. The Morgan fingerprint density at radius 3 is 3.00 bits per heavy atom. The van der Waals surface area contributed by atoms with Gasteiger partial charge >= 0.3 is 0 Å². The van der Waals surface area contributed by atoms with Crippen LogP contribution in [0.15, 0.2) is 22.7 Å². The summed E-state index contributed by atoms with van der Waals surface area (Å²) >= 11 is 4.80. The van der Waals surface area contributed by atoms with Gasteiger partial charge in [0.05, 0.1) is 11.6 Å². The van der Waals surface area contributed by atoms with Crippen molar-refractivity contribution in [1.29, 1.82) is 5.26 Å². The van der Waals surface area contributed by atoms with E-state index in [0.717, 1.165) is 5.75 Å². The van der Waals surface area contributed by atoms with Crippen LogP contribution in [-0.2, 0) is 0 Å². The molecule has 1 aromatic rings. The molecule has 3 nitrogen and oxygen atoms in total. The number of rotatable bonds is 2. The van der Waals surface area contributed by atoms with E-state index in [-0.39, 0.29) is 5.56 Å². The number of benzene rings is 1. The molecule has 1 aliphatic heterocycles. The average Bonchev–Trinajstić information content (AvgIpc) is 2.81. The van der Waals surface area contributed by atoms with E-state index in [1.165, 1.54) is 18.2 Å². The van der Waals surface area contributed by atoms with Gasteiger partial charge in [0.15, 0.2) is 0 Å². The van der Waals surface area contributed by atoms with Crippen molar-refractivity contribution in [1.82, 2.24) is 5.32 Å². The molecule has 6 heteroatoms. The van der Waals surface area contributed by atoms with Crippen molar-refractivity contribution in [3.63, 3.8) is 0 Å². The van der Waals surface area contributed by atoms with Gasteiger partial charge in [-0.1, -0.05) is 15.9 Å². The fourth-order valence-electron chi connectivity index (χ4n) is 1.74. The number of hydrogen-bond acceptors (Lipinski definition) is 3. The van der Waals surface area contributed by atoms with Gasteiger partial charge in [-0.2, -0.15) is 17.0 Å². The summed E-state index contributed by atoms with van der Waals surface area (Å²) in [6, 6.07) is 6.29. The molecule has 1 saturated heterocycles. The molecule has 1 aromatic carbocycles. The SMILES string of the molecule is N#CC1(NC(=O)c2cc(Br)ccc2F)CCSC1. The number of nitrogens with one attached hydrogen (secondary N) is 1. The Hall–Kier alpha value is -1.06. The maximum Gasteiger partial charge on any atom is 0.255 e. The van der Waals surface area contributed by atoms with Crippen LogP contribution in [-0.4, -0.2) is 23.0 Å². The molecule has 1 atom stereocenters. The van der Waals surface area contributed by atoms with E-state index >= 15 is 0 Å². The molecule has 1 amide bonds. The lowest BCUT2D eigenvalue weighted by Crippen LogP contribution is -2.47. The van der Waals surface area contributed by atoms with Gasteiger partial charge < -0.3 is 5.32 Å². The normalized spacial score (nSPS) is 22.5. The van der Waals surface area contributed by atoms with Crippen LogP contribution in [0.5, 0.6) is 0 Å². The van der Waals surface area contributed by atoms with Gasteiger partial charge in [0, 0.05) is 10.2 Å². The van der Waals surface area contributed by atoms with E-state index in [1.807, 2.05) is 0 Å². The molecule has 0 bridgehead atoms. The number of nitrogens with zero attached hydrogens (tertiary/aromatic N) is 1. The number of amides is 1. The zero-order valence-electron chi connectivity index (χ0n) is 9.37. The third-order valence-corrected chi connectivity index (χ3v) is 4.44. The highest BCUT2D eigenvalue weighted by atomic mass is 79.9. The average molecular weight is 329 g/mol. The first kappa shape index (κ1) is 13.4. The van der Waals surface area contributed by atoms with Crippen molar-refractivity contribution < 1.29 is 9.18 Å². The second-order valence-electron chi connectivity index (χ2n) is 4.07. The highest BCUT2D eigenvalue weighted by molar-refractivity contribution is 9.10. The molecular weight excluding hydrogens is 319 g/mol. The Labute approximate surface area is 117 Å². The molecule has 0 spiro atoms. The molecule has 2 rings (SSSR count). The van der Waals surface area contributed by atoms with Gasteiger partial charge in [-0.25, -0.2) is 4.39 Å². The molecule has 1 fully saturated rings. The predicted octanol–water partition coefficient (Wildman–Crippen LogP) is 2.72. The summed E-state index contributed by atoms with van der Waals surface area (Å²) in [4.78, 5) is 12.0. The first-order valence-electron chi connectivity index (χ1n) is 5.33. The molecule has 1 heterocycles. The molecule has 0 aromatic heterocycles. The van der Waals surface area contributed by atoms with Gasteiger partial charge in [-0.15, -0.1) is 0 Å². The van der Waals surface area contributed by atoms with Gasteiger partial charge in [-0.3, -0.25) is 4.79 Å². The van der Waals surface area contributed by atoms with Crippen molar-refractivity contribution in [2.24, 2.45) is 0 Å². The van der Waals surface area contributed by atoms with Gasteiger partial charge in [-0.05, 0) is 30.4 Å². The van der Waals surface area contributed by atoms with Crippen LogP contribution in [0, 0.1) is 17.1 Å². The highest BCUT2D eigenvalue weighted by Crippen LogP contribution is 2.28. The lowest BCUT2D eigenvalue weighted by atomic mass is 10.0. The van der Waals surface area contributed by atoms with Crippen LogP contribution in [0.25, 0.3) is 0 Å². The summed E-state index contributed by atoms with van der Waals surface area (Å²) < 4.78 is 14.2. The van der Waals surface area contributed by atoms with Gasteiger partial charge in [0.2, 0.25) is 0 Å². The molecule has 0 aliphatic carbocycles. The summed E-state index contributed by atoms with van der Waals surface area (Å²) in [5.41, 5.74) is -0.910. The van der Waals surface area contributed by atoms with Crippen molar-refractivity contribution >= 4 is 33.6 Å². The summed E-state index contributed by atoms with van der Waals surface area (Å²) in [6.45, 7) is 0. The molecule has 94 valence electrons. The zero-order valence-corrected chi connectivity index (χ0v) is 11.8. The number of hydrogen-bond donors (Lipinski definition) is 1. The number of thioether (sulfide) groups is 1. The number of carbonyl (C=O) groups is 1. The fourth-order valence-corrected chi connectivity index (χ4v) is 3.36. The lowest BCUT2D eigenvalue weighted by Gasteiger charge is -2.21. The summed E-state index contributed by atoms with van der Waals surface area (Å²) in [5.74, 6) is 0.243. The van der Waals surface area contributed by atoms with Crippen LogP contribution in [0.2, 0.25) is 0 Å². The topological polar surface area (TPSA) is 52.9 Å². The smallest absolute Gasteiger partial charge is 0.255 e. The van der Waals surface area contributed by atoms with Crippen molar-refractivity contribution in [3.05, 3.63) is 34.1 Å². The molecule has 0 radical (unpaired) electrons. The molecule has 0 saturated carbocycles. The van der Waals surface area contributed by atoms with Gasteiger partial charge in [0.25, 0.3) is 5.91 Å². The minimum atomic E-state index is -0.865. The summed E-state index contributed by atoms with van der Waals surface area (Å²) in [7, 11) is 0. The van der Waals surface area contributed by atoms with Crippen LogP contribution >= 0.6 is 27.7 Å². The molecule has 18 heavy (non-hydrogen) atoms. The zero-order chi connectivity index (χ0) is 13.2. The van der Waals surface area contributed by atoms with E-state index in [1.54, 1.807) is 11.8 Å². The maximum absolute atomic E-state index is 13.6. The van der Waals surface area contributed by atoms with Crippen LogP contribution in [0.1, 0.15) is 16.8 Å². The minimum Gasteiger partial charge on any atom is -0.333 e. The Kier molecular flexibility index (Phi) is 3.93. The Morgan fingerprint density at radius 1 is 1.61 bits per heavy atom. The van der Waals surface area contributed by atoms with Crippen molar-refractivity contribution in [3.8, 4) is 6.07 Å². The van der Waals surface area contributed by atoms with Crippen LogP contribution in [0.3, 0.4) is 0 Å². The number of halogens is 2. The van der Waals surface area contributed by atoms with E-state index in [2.05, 4.69) is 27.3 Å². The van der Waals surface area contributed by atoms with Crippen molar-refractivity contribution in [2.45, 2.75) is 12.0 Å². The van der Waals surface area contributed by atoms with E-state index in [0.29, 0.717) is 16.6 Å². The first-order chi connectivity index (χ1) is 8.56. The minimum absolute atomic E-state index is 0.0455. The van der Waals surface area contributed by atoms with Crippen LogP contribution in [0.4, 0.5) is 4.39 Å². The van der Waals surface area contributed by atoms with E-state index < -0.39 is 17.3 Å². The number of nitriles is 1. The number of carbonyl (C=O) groups excluding carboxylic acids is 1. The third kappa shape index (κ3) is 2.68. The standard InChI is InChI=1S/C12H10BrFN2OS/c13-8-1-2-10(14)9(5-8)11(17)16-12(6-15)3-4-18-7-12/h1-2,5H,3-4,7H2,(H,16,17). The second-order valence-corrected chi connectivity index (χ2v) is 6.10. The lowest BCUT2D eigenvalue weighted by molar-refractivity contribution is 0.0922. The monoisotopic (exact) mass is 328 g/mol. The molecule has 1 aliphatic rings. The fraction of sp³-hybridized carbons (Fsp3) is 0.333. The Morgan fingerprint density at radius 2 is 2.39 bits per heavy atom. The highest BCUT2D eigenvalue weighted by Gasteiger charge is 2.36. The van der Waals surface area contributed by atoms with E-state index in [9.17, 15) is 9.18 Å². The second kappa shape index (κ2) is 5.29. The van der Waals surface area contributed by atoms with Crippen molar-refractivity contribution in [2.75, 3.05) is 11.5 Å². The largest absolute Gasteiger partial charge is 0.333 e. The third-order valence-electron chi connectivity index (χ3n) is 2.76. The molecule has 1 unspecified atom stereocenters. The van der Waals surface area contributed by atoms with Gasteiger partial charge in [0.1, 0.15) is 11.4 Å². The van der Waals surface area contributed by atoms with Crippen LogP contribution < -0.4 is 5.32 Å².